The second kappa shape index (κ2) is 4.56. The monoisotopic (exact) mass is 255 g/mol. The van der Waals surface area contributed by atoms with Crippen molar-refractivity contribution in [3.8, 4) is 0 Å². The van der Waals surface area contributed by atoms with Crippen molar-refractivity contribution in [1.29, 1.82) is 0 Å². The van der Waals surface area contributed by atoms with Gasteiger partial charge in [-0.3, -0.25) is 9.89 Å². The predicted molar refractivity (Wildman–Crippen MR) is 71.6 cm³/mol. The van der Waals surface area contributed by atoms with Gasteiger partial charge in [0.15, 0.2) is 0 Å². The van der Waals surface area contributed by atoms with Crippen LogP contribution in [0.3, 0.4) is 0 Å². The molecule has 19 heavy (non-hydrogen) atoms. The summed E-state index contributed by atoms with van der Waals surface area (Å²) in [5.74, 6) is 0.652. The number of imidazole rings is 1. The summed E-state index contributed by atoms with van der Waals surface area (Å²) >= 11 is 0. The second-order valence-electron chi connectivity index (χ2n) is 4.35. The zero-order valence-electron chi connectivity index (χ0n) is 10.4. The fourth-order valence-corrected chi connectivity index (χ4v) is 1.94. The van der Waals surface area contributed by atoms with E-state index in [1.165, 1.54) is 0 Å². The van der Waals surface area contributed by atoms with E-state index in [-0.39, 0.29) is 12.3 Å². The second-order valence-corrected chi connectivity index (χ2v) is 4.35. The highest BCUT2D eigenvalue weighted by Crippen LogP contribution is 2.16. The van der Waals surface area contributed by atoms with Crippen molar-refractivity contribution in [3.63, 3.8) is 0 Å². The number of carbonyl (C=O) groups is 1. The highest BCUT2D eigenvalue weighted by atomic mass is 16.1. The molecule has 0 atom stereocenters. The number of nitrogens with one attached hydrogen (secondary N) is 2. The molecule has 0 fully saturated rings. The van der Waals surface area contributed by atoms with Crippen LogP contribution in [0, 0.1) is 0 Å². The Morgan fingerprint density at radius 2 is 2.37 bits per heavy atom. The van der Waals surface area contributed by atoms with Gasteiger partial charge in [-0.15, -0.1) is 0 Å². The zero-order chi connectivity index (χ0) is 13.2. The van der Waals surface area contributed by atoms with Crippen LogP contribution >= 0.6 is 0 Å². The van der Waals surface area contributed by atoms with Crippen molar-refractivity contribution in [1.82, 2.24) is 19.7 Å². The number of H-pyrrole nitrogens is 1. The van der Waals surface area contributed by atoms with E-state index < -0.39 is 0 Å². The number of aryl methyl sites for hydroxylation is 1. The molecule has 0 radical (unpaired) electrons. The van der Waals surface area contributed by atoms with Crippen LogP contribution in [0.4, 0.5) is 5.69 Å². The van der Waals surface area contributed by atoms with E-state index in [0.29, 0.717) is 0 Å². The molecule has 2 heterocycles. The van der Waals surface area contributed by atoms with E-state index in [0.717, 1.165) is 22.4 Å². The Bertz CT molecular complexity index is 727. The Morgan fingerprint density at radius 3 is 3.16 bits per heavy atom. The highest BCUT2D eigenvalue weighted by Gasteiger charge is 2.08. The van der Waals surface area contributed by atoms with Crippen molar-refractivity contribution >= 4 is 22.5 Å². The van der Waals surface area contributed by atoms with Crippen molar-refractivity contribution in [2.24, 2.45) is 7.05 Å². The lowest BCUT2D eigenvalue weighted by molar-refractivity contribution is -0.115. The van der Waals surface area contributed by atoms with E-state index >= 15 is 0 Å². The molecular weight excluding hydrogens is 242 g/mol. The molecule has 96 valence electrons. The Labute approximate surface area is 109 Å². The number of fused-ring (bicyclic) bond motifs is 1. The molecule has 6 nitrogen and oxygen atoms in total. The van der Waals surface area contributed by atoms with Gasteiger partial charge in [0, 0.05) is 30.5 Å². The summed E-state index contributed by atoms with van der Waals surface area (Å²) in [6.45, 7) is 0. The van der Waals surface area contributed by atoms with E-state index in [1.807, 2.05) is 36.0 Å². The lowest BCUT2D eigenvalue weighted by Gasteiger charge is -2.05. The standard InChI is InChI=1S/C13H13N5O/c1-18-5-4-14-12(18)7-13(19)16-10-2-3-11-9(6-10)8-15-17-11/h2-6,8H,7H2,1H3,(H,15,17)(H,16,19). The van der Waals surface area contributed by atoms with Crippen LogP contribution in [-0.2, 0) is 18.3 Å². The largest absolute Gasteiger partial charge is 0.338 e. The minimum absolute atomic E-state index is 0.0860. The van der Waals surface area contributed by atoms with Crippen LogP contribution in [0.25, 0.3) is 10.9 Å². The normalized spacial score (nSPS) is 10.8. The summed E-state index contributed by atoms with van der Waals surface area (Å²) in [4.78, 5) is 16.0. The van der Waals surface area contributed by atoms with Gasteiger partial charge >= 0.3 is 0 Å². The van der Waals surface area contributed by atoms with Crippen LogP contribution < -0.4 is 5.32 Å². The molecule has 3 rings (SSSR count). The first kappa shape index (κ1) is 11.5. The van der Waals surface area contributed by atoms with Crippen LogP contribution in [0.15, 0.2) is 36.8 Å². The first-order valence-corrected chi connectivity index (χ1v) is 5.91. The summed E-state index contributed by atoms with van der Waals surface area (Å²) in [6.07, 6.45) is 5.48. The Hall–Kier alpha value is -2.63. The van der Waals surface area contributed by atoms with Crippen LogP contribution in [-0.4, -0.2) is 25.7 Å². The SMILES string of the molecule is Cn1ccnc1CC(=O)Nc1ccc2[nH]ncc2c1. The molecule has 0 bridgehead atoms. The van der Waals surface area contributed by atoms with Gasteiger partial charge in [-0.05, 0) is 18.2 Å². The number of aromatic nitrogens is 4. The highest BCUT2D eigenvalue weighted by molar-refractivity contribution is 5.94. The zero-order valence-corrected chi connectivity index (χ0v) is 10.4. The van der Waals surface area contributed by atoms with Crippen LogP contribution in [0.2, 0.25) is 0 Å². The summed E-state index contributed by atoms with van der Waals surface area (Å²) in [5, 5.41) is 10.6. The molecule has 2 aromatic heterocycles. The van der Waals surface area contributed by atoms with E-state index in [9.17, 15) is 4.79 Å². The maximum atomic E-state index is 11.9. The molecule has 1 aromatic carbocycles. The molecule has 0 unspecified atom stereocenters. The van der Waals surface area contributed by atoms with Crippen LogP contribution in [0.1, 0.15) is 5.82 Å². The van der Waals surface area contributed by atoms with Gasteiger partial charge in [0.2, 0.25) is 5.91 Å². The molecule has 1 amide bonds. The minimum Gasteiger partial charge on any atom is -0.338 e. The van der Waals surface area contributed by atoms with Crippen molar-refractivity contribution in [2.75, 3.05) is 5.32 Å². The number of aromatic amines is 1. The third-order valence-corrected chi connectivity index (χ3v) is 2.96. The van der Waals surface area contributed by atoms with Gasteiger partial charge < -0.3 is 9.88 Å². The fourth-order valence-electron chi connectivity index (χ4n) is 1.94. The lowest BCUT2D eigenvalue weighted by Crippen LogP contribution is -2.16. The summed E-state index contributed by atoms with van der Waals surface area (Å²) < 4.78 is 1.83. The minimum atomic E-state index is -0.0860. The maximum Gasteiger partial charge on any atom is 0.231 e. The Morgan fingerprint density at radius 1 is 1.47 bits per heavy atom. The number of carbonyl (C=O) groups excluding carboxylic acids is 1. The topological polar surface area (TPSA) is 75.6 Å². The van der Waals surface area contributed by atoms with Gasteiger partial charge in [0.1, 0.15) is 5.82 Å². The molecule has 6 heteroatoms. The summed E-state index contributed by atoms with van der Waals surface area (Å²) in [7, 11) is 1.87. The Kier molecular flexibility index (Phi) is 2.75. The van der Waals surface area contributed by atoms with Gasteiger partial charge in [0.05, 0.1) is 18.1 Å². The Balaban J connectivity index is 1.73. The fraction of sp³-hybridized carbons (Fsp3) is 0.154. The number of nitrogens with zero attached hydrogens (tertiary/aromatic N) is 3. The quantitative estimate of drug-likeness (QED) is 0.744. The summed E-state index contributed by atoms with van der Waals surface area (Å²) in [6, 6.07) is 5.62. The molecule has 0 spiro atoms. The first-order valence-electron chi connectivity index (χ1n) is 5.91. The van der Waals surface area contributed by atoms with E-state index in [1.54, 1.807) is 12.4 Å². The number of hydrogen-bond donors (Lipinski definition) is 2. The van der Waals surface area contributed by atoms with E-state index in [2.05, 4.69) is 20.5 Å². The smallest absolute Gasteiger partial charge is 0.231 e. The average Bonchev–Trinajstić information content (AvgIpc) is 2.98. The third kappa shape index (κ3) is 2.33. The maximum absolute atomic E-state index is 11.9. The number of rotatable bonds is 3. The molecular formula is C13H13N5O. The van der Waals surface area contributed by atoms with Gasteiger partial charge in [-0.1, -0.05) is 0 Å². The van der Waals surface area contributed by atoms with Gasteiger partial charge in [-0.25, -0.2) is 4.98 Å². The molecule has 0 saturated heterocycles. The van der Waals surface area contributed by atoms with Gasteiger partial charge in [0.25, 0.3) is 0 Å². The van der Waals surface area contributed by atoms with Crippen molar-refractivity contribution in [2.45, 2.75) is 6.42 Å². The molecule has 0 saturated carbocycles. The van der Waals surface area contributed by atoms with Gasteiger partial charge in [-0.2, -0.15) is 5.10 Å². The summed E-state index contributed by atoms with van der Waals surface area (Å²) in [5.41, 5.74) is 1.70. The van der Waals surface area contributed by atoms with Crippen molar-refractivity contribution < 1.29 is 4.79 Å². The number of anilines is 1. The number of benzene rings is 1. The third-order valence-electron chi connectivity index (χ3n) is 2.96. The van der Waals surface area contributed by atoms with E-state index in [4.69, 9.17) is 0 Å². The molecule has 3 aromatic rings. The first-order chi connectivity index (χ1) is 9.22. The predicted octanol–water partition coefficient (Wildman–Crippen LogP) is 1.48. The van der Waals surface area contributed by atoms with Crippen LogP contribution in [0.5, 0.6) is 0 Å². The average molecular weight is 255 g/mol. The van der Waals surface area contributed by atoms with Crippen molar-refractivity contribution in [3.05, 3.63) is 42.6 Å². The number of hydrogen-bond acceptors (Lipinski definition) is 3. The number of amides is 1. The lowest BCUT2D eigenvalue weighted by atomic mass is 10.2. The molecule has 2 N–H and O–H groups in total. The molecule has 0 aliphatic rings. The molecule has 0 aliphatic carbocycles. The molecule has 0 aliphatic heterocycles.